The summed E-state index contributed by atoms with van der Waals surface area (Å²) < 4.78 is 0.876. The van der Waals surface area contributed by atoms with E-state index in [1.807, 2.05) is 5.38 Å². The number of carbonyl (C=O) groups excluding carboxylic acids is 1. The fourth-order valence-electron chi connectivity index (χ4n) is 1.59. The van der Waals surface area contributed by atoms with E-state index in [2.05, 4.69) is 21.2 Å². The van der Waals surface area contributed by atoms with E-state index in [9.17, 15) is 9.59 Å². The SMILES string of the molecule is O=C(NC[C@@H]1CSCN1C(=O)O)c1cc(Br)cs1. The van der Waals surface area contributed by atoms with Gasteiger partial charge in [-0.05, 0) is 22.0 Å². The average molecular weight is 351 g/mol. The minimum atomic E-state index is -0.932. The van der Waals surface area contributed by atoms with Gasteiger partial charge in [0.25, 0.3) is 5.91 Å². The fraction of sp³-hybridized carbons (Fsp3) is 0.400. The molecule has 5 nitrogen and oxygen atoms in total. The maximum absolute atomic E-state index is 11.8. The Bertz CT molecular complexity index is 466. The van der Waals surface area contributed by atoms with E-state index < -0.39 is 6.09 Å². The van der Waals surface area contributed by atoms with E-state index in [-0.39, 0.29) is 11.9 Å². The van der Waals surface area contributed by atoms with Gasteiger partial charge in [0.15, 0.2) is 0 Å². The van der Waals surface area contributed by atoms with Crippen LogP contribution in [0.15, 0.2) is 15.9 Å². The van der Waals surface area contributed by atoms with Gasteiger partial charge in [0, 0.05) is 22.2 Å². The molecule has 1 aliphatic heterocycles. The van der Waals surface area contributed by atoms with Crippen LogP contribution in [0.2, 0.25) is 0 Å². The summed E-state index contributed by atoms with van der Waals surface area (Å²) in [6.45, 7) is 0.355. The molecule has 0 aromatic carbocycles. The first kappa shape index (κ1) is 13.7. The molecule has 18 heavy (non-hydrogen) atoms. The largest absolute Gasteiger partial charge is 0.465 e. The Hall–Kier alpha value is -0.730. The van der Waals surface area contributed by atoms with Gasteiger partial charge in [-0.25, -0.2) is 4.79 Å². The Labute approximate surface area is 121 Å². The van der Waals surface area contributed by atoms with Crippen LogP contribution in [0, 0.1) is 0 Å². The van der Waals surface area contributed by atoms with Gasteiger partial charge in [0.1, 0.15) is 0 Å². The molecule has 1 aromatic rings. The first-order valence-electron chi connectivity index (χ1n) is 5.17. The van der Waals surface area contributed by atoms with E-state index in [1.165, 1.54) is 16.2 Å². The number of rotatable bonds is 3. The molecule has 0 spiro atoms. The molecule has 1 aliphatic rings. The molecule has 0 unspecified atom stereocenters. The van der Waals surface area contributed by atoms with E-state index in [0.717, 1.165) is 10.2 Å². The summed E-state index contributed by atoms with van der Waals surface area (Å²) in [5.41, 5.74) is 0. The second-order valence-corrected chi connectivity index (χ2v) is 6.57. The Morgan fingerprint density at radius 2 is 2.39 bits per heavy atom. The molecule has 2 heterocycles. The number of amides is 2. The second kappa shape index (κ2) is 5.94. The molecule has 1 fully saturated rings. The number of nitrogens with one attached hydrogen (secondary N) is 1. The van der Waals surface area contributed by atoms with Crippen molar-refractivity contribution in [2.24, 2.45) is 0 Å². The molecule has 98 valence electrons. The first-order valence-corrected chi connectivity index (χ1v) is 8.00. The third kappa shape index (κ3) is 3.18. The van der Waals surface area contributed by atoms with Crippen molar-refractivity contribution >= 4 is 51.0 Å². The van der Waals surface area contributed by atoms with E-state index in [0.29, 0.717) is 17.3 Å². The van der Waals surface area contributed by atoms with Crippen molar-refractivity contribution in [1.82, 2.24) is 10.2 Å². The van der Waals surface area contributed by atoms with Gasteiger partial charge in [-0.1, -0.05) is 0 Å². The summed E-state index contributed by atoms with van der Waals surface area (Å²) in [5, 5.41) is 13.6. The number of hydrogen-bond donors (Lipinski definition) is 2. The number of thioether (sulfide) groups is 1. The first-order chi connectivity index (χ1) is 8.58. The third-order valence-electron chi connectivity index (χ3n) is 2.52. The number of hydrogen-bond acceptors (Lipinski definition) is 4. The van der Waals surface area contributed by atoms with Gasteiger partial charge in [-0.15, -0.1) is 23.1 Å². The van der Waals surface area contributed by atoms with Gasteiger partial charge in [-0.3, -0.25) is 9.69 Å². The molecule has 1 atom stereocenters. The van der Waals surface area contributed by atoms with Gasteiger partial charge in [0.2, 0.25) is 0 Å². The lowest BCUT2D eigenvalue weighted by Crippen LogP contribution is -2.43. The molecular weight excluding hydrogens is 340 g/mol. The predicted octanol–water partition coefficient (Wildman–Crippen LogP) is 2.29. The quantitative estimate of drug-likeness (QED) is 0.877. The minimum Gasteiger partial charge on any atom is -0.465 e. The molecule has 8 heteroatoms. The Morgan fingerprint density at radius 1 is 1.61 bits per heavy atom. The highest BCUT2D eigenvalue weighted by Gasteiger charge is 2.29. The Balaban J connectivity index is 1.88. The Kier molecular flexibility index (Phi) is 4.52. The molecule has 1 saturated heterocycles. The topological polar surface area (TPSA) is 69.6 Å². The van der Waals surface area contributed by atoms with Crippen molar-refractivity contribution in [2.75, 3.05) is 18.2 Å². The minimum absolute atomic E-state index is 0.139. The van der Waals surface area contributed by atoms with Gasteiger partial charge in [0.05, 0.1) is 16.8 Å². The van der Waals surface area contributed by atoms with Crippen LogP contribution in [0.25, 0.3) is 0 Å². The maximum atomic E-state index is 11.8. The highest BCUT2D eigenvalue weighted by Crippen LogP contribution is 2.21. The smallest absolute Gasteiger partial charge is 0.408 e. The zero-order valence-corrected chi connectivity index (χ0v) is 12.5. The standard InChI is InChI=1S/C10H11BrN2O3S2/c11-6-1-8(18-3-6)9(14)12-2-7-4-17-5-13(7)10(15)16/h1,3,7H,2,4-5H2,(H,12,14)(H,15,16)/t7-/m1/s1. The lowest BCUT2D eigenvalue weighted by atomic mass is 10.3. The highest BCUT2D eigenvalue weighted by atomic mass is 79.9. The third-order valence-corrected chi connectivity index (χ3v) is 5.29. The zero-order chi connectivity index (χ0) is 13.1. The molecule has 0 saturated carbocycles. The number of thiophene rings is 1. The van der Waals surface area contributed by atoms with Crippen LogP contribution in [0.1, 0.15) is 9.67 Å². The van der Waals surface area contributed by atoms with E-state index in [1.54, 1.807) is 17.8 Å². The van der Waals surface area contributed by atoms with Crippen LogP contribution in [-0.4, -0.2) is 46.2 Å². The van der Waals surface area contributed by atoms with Crippen molar-refractivity contribution in [3.8, 4) is 0 Å². The summed E-state index contributed by atoms with van der Waals surface area (Å²) in [7, 11) is 0. The predicted molar refractivity (Wildman–Crippen MR) is 75.3 cm³/mol. The molecule has 0 aliphatic carbocycles. The lowest BCUT2D eigenvalue weighted by molar-refractivity contribution is 0.0940. The zero-order valence-electron chi connectivity index (χ0n) is 9.26. The number of carbonyl (C=O) groups is 2. The summed E-state index contributed by atoms with van der Waals surface area (Å²) in [4.78, 5) is 24.7. The van der Waals surface area contributed by atoms with Crippen LogP contribution in [0.5, 0.6) is 0 Å². The monoisotopic (exact) mass is 350 g/mol. The molecule has 2 amide bonds. The van der Waals surface area contributed by atoms with E-state index >= 15 is 0 Å². The van der Waals surface area contributed by atoms with Crippen LogP contribution >= 0.6 is 39.0 Å². The number of nitrogens with zero attached hydrogens (tertiary/aromatic N) is 1. The van der Waals surface area contributed by atoms with Crippen molar-refractivity contribution in [2.45, 2.75) is 6.04 Å². The van der Waals surface area contributed by atoms with Crippen LogP contribution < -0.4 is 5.32 Å². The molecule has 0 bridgehead atoms. The molecule has 2 rings (SSSR count). The highest BCUT2D eigenvalue weighted by molar-refractivity contribution is 9.10. The van der Waals surface area contributed by atoms with Crippen molar-refractivity contribution in [3.05, 3.63) is 20.8 Å². The van der Waals surface area contributed by atoms with Crippen LogP contribution in [0.3, 0.4) is 0 Å². The molecule has 0 radical (unpaired) electrons. The Morgan fingerprint density at radius 3 is 3.00 bits per heavy atom. The van der Waals surface area contributed by atoms with Gasteiger partial charge < -0.3 is 10.4 Å². The van der Waals surface area contributed by atoms with Gasteiger partial charge in [-0.2, -0.15) is 0 Å². The second-order valence-electron chi connectivity index (χ2n) is 3.75. The summed E-state index contributed by atoms with van der Waals surface area (Å²) in [6.07, 6.45) is -0.932. The van der Waals surface area contributed by atoms with E-state index in [4.69, 9.17) is 5.11 Å². The van der Waals surface area contributed by atoms with Crippen LogP contribution in [0.4, 0.5) is 4.79 Å². The summed E-state index contributed by atoms with van der Waals surface area (Å²) in [5.74, 6) is 1.04. The van der Waals surface area contributed by atoms with Crippen molar-refractivity contribution < 1.29 is 14.7 Å². The van der Waals surface area contributed by atoms with Crippen LogP contribution in [-0.2, 0) is 0 Å². The molecule has 2 N–H and O–H groups in total. The number of halogens is 1. The summed E-state index contributed by atoms with van der Waals surface area (Å²) in [6, 6.07) is 1.61. The maximum Gasteiger partial charge on any atom is 0.408 e. The lowest BCUT2D eigenvalue weighted by Gasteiger charge is -2.20. The summed E-state index contributed by atoms with van der Waals surface area (Å²) >= 11 is 6.20. The average Bonchev–Trinajstić information content (AvgIpc) is 2.94. The van der Waals surface area contributed by atoms with Crippen molar-refractivity contribution in [1.29, 1.82) is 0 Å². The number of carboxylic acid groups (broad SMARTS) is 1. The van der Waals surface area contributed by atoms with Gasteiger partial charge >= 0.3 is 6.09 Å². The van der Waals surface area contributed by atoms with Crippen molar-refractivity contribution in [3.63, 3.8) is 0 Å². The molecule has 1 aromatic heterocycles. The fourth-order valence-corrected chi connectivity index (χ4v) is 4.13. The molecular formula is C10H11BrN2O3S2. The normalized spacial score (nSPS) is 18.9.